The third-order valence-corrected chi connectivity index (χ3v) is 2.03. The van der Waals surface area contributed by atoms with E-state index in [0.717, 1.165) is 5.52 Å². The zero-order valence-corrected chi connectivity index (χ0v) is 9.10. The topological polar surface area (TPSA) is 25.0 Å². The second-order valence-electron chi connectivity index (χ2n) is 4.56. The Hall–Kier alpha value is -1.51. The van der Waals surface area contributed by atoms with E-state index in [1.807, 2.05) is 32.9 Å². The monoisotopic (exact) mass is 207 g/mol. The quantitative estimate of drug-likeness (QED) is 0.760. The van der Waals surface area contributed by atoms with Gasteiger partial charge in [-0.3, -0.25) is 0 Å². The zero-order valence-electron chi connectivity index (χ0n) is 9.10. The van der Waals surface area contributed by atoms with E-state index in [9.17, 15) is 4.39 Å². The van der Waals surface area contributed by atoms with Gasteiger partial charge in [0.25, 0.3) is 0 Å². The Morgan fingerprint density at radius 2 is 2.00 bits per heavy atom. The van der Waals surface area contributed by atoms with E-state index in [0.29, 0.717) is 11.1 Å². The van der Waals surface area contributed by atoms with Crippen LogP contribution in [0.2, 0.25) is 0 Å². The summed E-state index contributed by atoms with van der Waals surface area (Å²) in [5.74, 6) is 0.442. The number of benzene rings is 1. The standard InChI is InChI=1S/C12H14FNO/c1-12(2,3)15-8-4-5-11-9(6-8)10(13)7-14-11/h4-7,14H,1-3H3. The maximum atomic E-state index is 13.3. The molecule has 0 saturated heterocycles. The third kappa shape index (κ3) is 2.12. The predicted octanol–water partition coefficient (Wildman–Crippen LogP) is 3.48. The number of ether oxygens (including phenoxy) is 1. The molecule has 15 heavy (non-hydrogen) atoms. The molecule has 0 bridgehead atoms. The van der Waals surface area contributed by atoms with Crippen LogP contribution in [0.4, 0.5) is 4.39 Å². The van der Waals surface area contributed by atoms with E-state index < -0.39 is 0 Å². The van der Waals surface area contributed by atoms with Gasteiger partial charge in [0.1, 0.15) is 17.2 Å². The maximum absolute atomic E-state index is 13.3. The summed E-state index contributed by atoms with van der Waals surface area (Å²) in [6, 6.07) is 5.37. The van der Waals surface area contributed by atoms with Gasteiger partial charge in [-0.1, -0.05) is 0 Å². The molecule has 2 rings (SSSR count). The molecule has 0 aliphatic heterocycles. The molecule has 0 atom stereocenters. The number of hydrogen-bond acceptors (Lipinski definition) is 1. The molecule has 0 amide bonds. The van der Waals surface area contributed by atoms with Crippen LogP contribution in [0.25, 0.3) is 10.9 Å². The van der Waals surface area contributed by atoms with Gasteiger partial charge >= 0.3 is 0 Å². The van der Waals surface area contributed by atoms with Crippen LogP contribution in [0.15, 0.2) is 24.4 Å². The van der Waals surface area contributed by atoms with Crippen molar-refractivity contribution in [2.75, 3.05) is 0 Å². The largest absolute Gasteiger partial charge is 0.488 e. The lowest BCUT2D eigenvalue weighted by atomic mass is 10.2. The molecule has 0 radical (unpaired) electrons. The summed E-state index contributed by atoms with van der Waals surface area (Å²) in [5.41, 5.74) is 0.522. The fraction of sp³-hybridized carbons (Fsp3) is 0.333. The molecule has 80 valence electrons. The minimum Gasteiger partial charge on any atom is -0.488 e. The Bertz CT molecular complexity index is 482. The number of aromatic nitrogens is 1. The van der Waals surface area contributed by atoms with Crippen LogP contribution in [0.1, 0.15) is 20.8 Å². The van der Waals surface area contributed by atoms with Crippen molar-refractivity contribution >= 4 is 10.9 Å². The van der Waals surface area contributed by atoms with Crippen molar-refractivity contribution in [1.29, 1.82) is 0 Å². The fourth-order valence-corrected chi connectivity index (χ4v) is 1.48. The van der Waals surface area contributed by atoms with Crippen LogP contribution in [0.3, 0.4) is 0 Å². The van der Waals surface area contributed by atoms with Gasteiger partial charge in [0.2, 0.25) is 0 Å². The van der Waals surface area contributed by atoms with Crippen molar-refractivity contribution in [3.63, 3.8) is 0 Å². The normalized spacial score (nSPS) is 12.0. The molecule has 0 saturated carbocycles. The molecule has 0 spiro atoms. The predicted molar refractivity (Wildman–Crippen MR) is 58.6 cm³/mol. The Morgan fingerprint density at radius 3 is 2.67 bits per heavy atom. The lowest BCUT2D eigenvalue weighted by Gasteiger charge is -2.21. The maximum Gasteiger partial charge on any atom is 0.148 e. The summed E-state index contributed by atoms with van der Waals surface area (Å²) in [7, 11) is 0. The van der Waals surface area contributed by atoms with Gasteiger partial charge in [0.05, 0.1) is 0 Å². The van der Waals surface area contributed by atoms with E-state index in [-0.39, 0.29) is 11.4 Å². The minimum atomic E-state index is -0.263. The molecule has 1 aromatic carbocycles. The van der Waals surface area contributed by atoms with Crippen LogP contribution in [-0.2, 0) is 0 Å². The van der Waals surface area contributed by atoms with E-state index in [1.54, 1.807) is 6.07 Å². The highest BCUT2D eigenvalue weighted by Crippen LogP contribution is 2.25. The van der Waals surface area contributed by atoms with E-state index >= 15 is 0 Å². The Kier molecular flexibility index (Phi) is 2.18. The lowest BCUT2D eigenvalue weighted by molar-refractivity contribution is 0.131. The highest BCUT2D eigenvalue weighted by Gasteiger charge is 2.12. The average molecular weight is 207 g/mol. The van der Waals surface area contributed by atoms with Crippen molar-refractivity contribution in [2.24, 2.45) is 0 Å². The van der Waals surface area contributed by atoms with Crippen LogP contribution in [0.5, 0.6) is 5.75 Å². The Labute approximate surface area is 88.1 Å². The van der Waals surface area contributed by atoms with E-state index in [1.165, 1.54) is 6.20 Å². The summed E-state index contributed by atoms with van der Waals surface area (Å²) in [5, 5.41) is 0.566. The third-order valence-electron chi connectivity index (χ3n) is 2.03. The van der Waals surface area contributed by atoms with Gasteiger partial charge in [-0.05, 0) is 39.0 Å². The van der Waals surface area contributed by atoms with Crippen molar-refractivity contribution in [3.8, 4) is 5.75 Å². The molecule has 0 fully saturated rings. The van der Waals surface area contributed by atoms with E-state index in [2.05, 4.69) is 4.98 Å². The summed E-state index contributed by atoms with van der Waals surface area (Å²) in [6.07, 6.45) is 1.35. The molecular weight excluding hydrogens is 193 g/mol. The van der Waals surface area contributed by atoms with Crippen LogP contribution in [0, 0.1) is 5.82 Å². The van der Waals surface area contributed by atoms with Gasteiger partial charge in [-0.2, -0.15) is 0 Å². The Balaban J connectivity index is 2.42. The number of rotatable bonds is 1. The molecule has 1 heterocycles. The van der Waals surface area contributed by atoms with Crippen LogP contribution < -0.4 is 4.74 Å². The molecule has 0 aliphatic rings. The van der Waals surface area contributed by atoms with Gasteiger partial charge in [-0.15, -0.1) is 0 Å². The first-order valence-corrected chi connectivity index (χ1v) is 4.91. The van der Waals surface area contributed by atoms with Gasteiger partial charge in [0, 0.05) is 17.1 Å². The molecule has 0 unspecified atom stereocenters. The summed E-state index contributed by atoms with van der Waals surface area (Å²) >= 11 is 0. The molecule has 1 N–H and O–H groups in total. The van der Waals surface area contributed by atoms with Gasteiger partial charge in [0.15, 0.2) is 0 Å². The van der Waals surface area contributed by atoms with Crippen LogP contribution >= 0.6 is 0 Å². The number of H-pyrrole nitrogens is 1. The van der Waals surface area contributed by atoms with Crippen LogP contribution in [-0.4, -0.2) is 10.6 Å². The second-order valence-corrected chi connectivity index (χ2v) is 4.56. The van der Waals surface area contributed by atoms with Crippen molar-refractivity contribution in [3.05, 3.63) is 30.2 Å². The first-order chi connectivity index (χ1) is 6.96. The number of nitrogens with one attached hydrogen (secondary N) is 1. The van der Waals surface area contributed by atoms with Crippen molar-refractivity contribution < 1.29 is 9.13 Å². The number of fused-ring (bicyclic) bond motifs is 1. The number of aromatic amines is 1. The smallest absolute Gasteiger partial charge is 0.148 e. The highest BCUT2D eigenvalue weighted by molar-refractivity contribution is 5.81. The summed E-state index contributed by atoms with van der Waals surface area (Å²) in [6.45, 7) is 5.89. The first-order valence-electron chi connectivity index (χ1n) is 4.91. The number of halogens is 1. The van der Waals surface area contributed by atoms with E-state index in [4.69, 9.17) is 4.74 Å². The van der Waals surface area contributed by atoms with Crippen molar-refractivity contribution in [1.82, 2.24) is 4.98 Å². The Morgan fingerprint density at radius 1 is 1.27 bits per heavy atom. The first kappa shape index (κ1) is 10.0. The second kappa shape index (κ2) is 3.26. The fourth-order valence-electron chi connectivity index (χ4n) is 1.48. The molecule has 0 aliphatic carbocycles. The summed E-state index contributed by atoms with van der Waals surface area (Å²) < 4.78 is 18.9. The molecule has 3 heteroatoms. The molecular formula is C12H14FNO. The molecule has 2 nitrogen and oxygen atoms in total. The van der Waals surface area contributed by atoms with Crippen molar-refractivity contribution in [2.45, 2.75) is 26.4 Å². The summed E-state index contributed by atoms with van der Waals surface area (Å²) in [4.78, 5) is 2.85. The SMILES string of the molecule is CC(C)(C)Oc1ccc2[nH]cc(F)c2c1. The highest BCUT2D eigenvalue weighted by atomic mass is 19.1. The minimum absolute atomic E-state index is 0.246. The number of hydrogen-bond donors (Lipinski definition) is 1. The molecule has 2 aromatic rings. The average Bonchev–Trinajstić information content (AvgIpc) is 2.45. The molecule has 1 aromatic heterocycles. The lowest BCUT2D eigenvalue weighted by Crippen LogP contribution is -2.22. The van der Waals surface area contributed by atoms with Gasteiger partial charge < -0.3 is 9.72 Å². The zero-order chi connectivity index (χ0) is 11.1. The van der Waals surface area contributed by atoms with Gasteiger partial charge in [-0.25, -0.2) is 4.39 Å².